The summed E-state index contributed by atoms with van der Waals surface area (Å²) in [5, 5.41) is 8.40. The van der Waals surface area contributed by atoms with Crippen molar-refractivity contribution < 1.29 is 9.53 Å². The van der Waals surface area contributed by atoms with Crippen LogP contribution in [0.4, 0.5) is 0 Å². The Bertz CT molecular complexity index is 1270. The number of H-pyrrole nitrogens is 1. The van der Waals surface area contributed by atoms with Crippen LogP contribution in [0.2, 0.25) is 0 Å². The minimum absolute atomic E-state index is 0.0631. The third kappa shape index (κ3) is 3.76. The zero-order valence-electron chi connectivity index (χ0n) is 18.5. The number of fused-ring (bicyclic) bond motifs is 3. The summed E-state index contributed by atoms with van der Waals surface area (Å²) in [6.07, 6.45) is 4.63. The molecule has 2 N–H and O–H groups in total. The Kier molecular flexibility index (Phi) is 5.63. The first-order valence-corrected chi connectivity index (χ1v) is 11.2. The van der Waals surface area contributed by atoms with Crippen molar-refractivity contribution in [3.05, 3.63) is 47.8 Å². The fourth-order valence-electron chi connectivity index (χ4n) is 4.50. The number of hydrogen-bond donors (Lipinski definition) is 2. The highest BCUT2D eigenvalue weighted by Gasteiger charge is 2.19. The van der Waals surface area contributed by atoms with Gasteiger partial charge >= 0.3 is 0 Å². The molecule has 1 aromatic carbocycles. The maximum absolute atomic E-state index is 12.8. The maximum atomic E-state index is 12.8. The summed E-state index contributed by atoms with van der Waals surface area (Å²) in [7, 11) is 2.00. The number of carbonyl (C=O) groups excluding carboxylic acids is 1. The second-order valence-electron chi connectivity index (χ2n) is 8.18. The van der Waals surface area contributed by atoms with Gasteiger partial charge in [0.2, 0.25) is 0 Å². The number of aryl methyl sites for hydroxylation is 2. The van der Waals surface area contributed by atoms with E-state index in [-0.39, 0.29) is 5.91 Å². The Balaban J connectivity index is 1.42. The minimum Gasteiger partial charge on any atom is -0.379 e. The van der Waals surface area contributed by atoms with Gasteiger partial charge in [-0.25, -0.2) is 9.97 Å². The summed E-state index contributed by atoms with van der Waals surface area (Å²) >= 11 is 0. The van der Waals surface area contributed by atoms with Gasteiger partial charge in [0.15, 0.2) is 5.65 Å². The highest BCUT2D eigenvalue weighted by Crippen LogP contribution is 2.34. The van der Waals surface area contributed by atoms with Crippen LogP contribution in [0.25, 0.3) is 33.2 Å². The summed E-state index contributed by atoms with van der Waals surface area (Å²) < 4.78 is 7.38. The Morgan fingerprint density at radius 2 is 2.12 bits per heavy atom. The first-order chi connectivity index (χ1) is 15.7. The van der Waals surface area contributed by atoms with Gasteiger partial charge in [-0.15, -0.1) is 0 Å². The van der Waals surface area contributed by atoms with Crippen molar-refractivity contribution in [3.63, 3.8) is 0 Å². The molecule has 3 aromatic heterocycles. The van der Waals surface area contributed by atoms with E-state index in [0.29, 0.717) is 12.1 Å². The van der Waals surface area contributed by atoms with Gasteiger partial charge in [-0.3, -0.25) is 14.4 Å². The summed E-state index contributed by atoms with van der Waals surface area (Å²) in [6, 6.07) is 7.72. The number of ether oxygens (including phenoxy) is 1. The van der Waals surface area contributed by atoms with Crippen molar-refractivity contribution in [2.24, 2.45) is 7.05 Å². The molecule has 1 aliphatic rings. The van der Waals surface area contributed by atoms with Gasteiger partial charge in [0, 0.05) is 62.1 Å². The summed E-state index contributed by atoms with van der Waals surface area (Å²) in [5.41, 5.74) is 5.46. The predicted molar refractivity (Wildman–Crippen MR) is 125 cm³/mol. The molecular weight excluding hydrogens is 404 g/mol. The lowest BCUT2D eigenvalue weighted by Gasteiger charge is -2.26. The third-order valence-corrected chi connectivity index (χ3v) is 6.18. The molecule has 32 heavy (non-hydrogen) atoms. The minimum atomic E-state index is -0.0631. The average molecular weight is 433 g/mol. The van der Waals surface area contributed by atoms with E-state index >= 15 is 0 Å². The fourth-order valence-corrected chi connectivity index (χ4v) is 4.50. The van der Waals surface area contributed by atoms with Crippen LogP contribution in [0, 0.1) is 0 Å². The molecule has 0 spiro atoms. The van der Waals surface area contributed by atoms with Crippen LogP contribution in [0.5, 0.6) is 0 Å². The van der Waals surface area contributed by atoms with Crippen LogP contribution in [-0.4, -0.2) is 69.9 Å². The number of carbonyl (C=O) groups is 1. The van der Waals surface area contributed by atoms with E-state index in [1.54, 1.807) is 0 Å². The van der Waals surface area contributed by atoms with Gasteiger partial charge in [0.1, 0.15) is 0 Å². The highest BCUT2D eigenvalue weighted by molar-refractivity contribution is 6.07. The SMILES string of the molecule is CCc1c(-c2cccc(C(=O)NCCN3CCOCC3)c2)nc2ncc3c[nH]n(C)c3c12. The lowest BCUT2D eigenvalue weighted by Crippen LogP contribution is -2.41. The number of amides is 1. The second kappa shape index (κ2) is 8.72. The van der Waals surface area contributed by atoms with Gasteiger partial charge in [-0.2, -0.15) is 0 Å². The van der Waals surface area contributed by atoms with Crippen molar-refractivity contribution in [1.29, 1.82) is 0 Å². The molecule has 0 radical (unpaired) electrons. The van der Waals surface area contributed by atoms with Gasteiger partial charge in [0.25, 0.3) is 5.91 Å². The van der Waals surface area contributed by atoms with E-state index in [9.17, 15) is 4.79 Å². The van der Waals surface area contributed by atoms with Crippen molar-refractivity contribution >= 4 is 27.8 Å². The number of aromatic amines is 1. The molecular formula is C24H28N6O2. The maximum Gasteiger partial charge on any atom is 0.251 e. The number of morpholine rings is 1. The first-order valence-electron chi connectivity index (χ1n) is 11.2. The van der Waals surface area contributed by atoms with Crippen LogP contribution in [-0.2, 0) is 18.2 Å². The zero-order chi connectivity index (χ0) is 22.1. The standard InChI is InChI=1S/C24H28N6O2/c1-3-19-20-22-18(15-27-29(22)2)14-26-23(20)28-21(19)16-5-4-6-17(13-16)24(31)25-7-8-30-9-11-32-12-10-30/h4-6,13-15,27H,3,7-12H2,1-2H3,(H,25,31). The molecule has 4 aromatic rings. The van der Waals surface area contributed by atoms with E-state index in [1.165, 1.54) is 0 Å². The number of pyridine rings is 1. The highest BCUT2D eigenvalue weighted by atomic mass is 16.5. The van der Waals surface area contributed by atoms with E-state index in [2.05, 4.69) is 27.2 Å². The first kappa shape index (κ1) is 20.7. The molecule has 0 bridgehead atoms. The molecule has 0 aliphatic carbocycles. The van der Waals surface area contributed by atoms with E-state index in [4.69, 9.17) is 9.72 Å². The summed E-state index contributed by atoms with van der Waals surface area (Å²) in [4.78, 5) is 24.5. The molecule has 1 aliphatic heterocycles. The topological polar surface area (TPSA) is 88.1 Å². The number of nitrogens with zero attached hydrogens (tertiary/aromatic N) is 4. The van der Waals surface area contributed by atoms with Crippen LogP contribution in [0.1, 0.15) is 22.8 Å². The molecule has 1 saturated heterocycles. The van der Waals surface area contributed by atoms with Gasteiger partial charge in [-0.1, -0.05) is 19.1 Å². The fraction of sp³-hybridized carbons (Fsp3) is 0.375. The molecule has 0 atom stereocenters. The quantitative estimate of drug-likeness (QED) is 0.489. The van der Waals surface area contributed by atoms with Crippen molar-refractivity contribution in [2.75, 3.05) is 39.4 Å². The largest absolute Gasteiger partial charge is 0.379 e. The average Bonchev–Trinajstić information content (AvgIpc) is 3.39. The molecule has 0 saturated carbocycles. The van der Waals surface area contributed by atoms with Crippen LogP contribution in [0.3, 0.4) is 0 Å². The van der Waals surface area contributed by atoms with Crippen LogP contribution in [0.15, 0.2) is 36.7 Å². The van der Waals surface area contributed by atoms with Gasteiger partial charge in [-0.05, 0) is 24.1 Å². The lowest BCUT2D eigenvalue weighted by atomic mass is 10.0. The van der Waals surface area contributed by atoms with Crippen molar-refractivity contribution in [3.8, 4) is 11.3 Å². The molecule has 4 heterocycles. The van der Waals surface area contributed by atoms with Gasteiger partial charge in [0.05, 0.1) is 29.8 Å². The molecule has 1 amide bonds. The Morgan fingerprint density at radius 3 is 2.94 bits per heavy atom. The number of aromatic nitrogens is 4. The molecule has 1 fully saturated rings. The Hall–Kier alpha value is -3.23. The molecule has 8 nitrogen and oxygen atoms in total. The monoisotopic (exact) mass is 432 g/mol. The third-order valence-electron chi connectivity index (χ3n) is 6.18. The van der Waals surface area contributed by atoms with E-state index in [1.807, 2.05) is 48.4 Å². The molecule has 166 valence electrons. The van der Waals surface area contributed by atoms with Crippen molar-refractivity contribution in [1.82, 2.24) is 30.0 Å². The Morgan fingerprint density at radius 1 is 1.28 bits per heavy atom. The number of nitrogens with one attached hydrogen (secondary N) is 2. The van der Waals surface area contributed by atoms with Crippen LogP contribution < -0.4 is 5.32 Å². The second-order valence-corrected chi connectivity index (χ2v) is 8.18. The number of rotatable bonds is 6. The normalized spacial score (nSPS) is 14.9. The number of hydrogen-bond acceptors (Lipinski definition) is 5. The smallest absolute Gasteiger partial charge is 0.251 e. The van der Waals surface area contributed by atoms with E-state index < -0.39 is 0 Å². The summed E-state index contributed by atoms with van der Waals surface area (Å²) in [5.74, 6) is -0.0631. The molecule has 0 unspecified atom stereocenters. The number of benzene rings is 1. The van der Waals surface area contributed by atoms with Gasteiger partial charge < -0.3 is 15.2 Å². The lowest BCUT2D eigenvalue weighted by molar-refractivity contribution is 0.0383. The van der Waals surface area contributed by atoms with Crippen molar-refractivity contribution in [2.45, 2.75) is 13.3 Å². The van der Waals surface area contributed by atoms with E-state index in [0.717, 1.165) is 78.0 Å². The Labute approximate surface area is 186 Å². The summed E-state index contributed by atoms with van der Waals surface area (Å²) in [6.45, 7) is 6.95. The van der Waals surface area contributed by atoms with Crippen LogP contribution >= 0.6 is 0 Å². The molecule has 8 heteroatoms. The predicted octanol–water partition coefficient (Wildman–Crippen LogP) is 2.74. The molecule has 5 rings (SSSR count). The zero-order valence-corrected chi connectivity index (χ0v) is 18.5.